The van der Waals surface area contributed by atoms with Gasteiger partial charge in [0.1, 0.15) is 0 Å². The van der Waals surface area contributed by atoms with Crippen LogP contribution in [0.3, 0.4) is 0 Å². The summed E-state index contributed by atoms with van der Waals surface area (Å²) >= 11 is 1.27. The van der Waals surface area contributed by atoms with Crippen molar-refractivity contribution in [3.8, 4) is 5.69 Å². The van der Waals surface area contributed by atoms with E-state index in [-0.39, 0.29) is 11.7 Å². The highest BCUT2D eigenvalue weighted by atomic mass is 32.2. The van der Waals surface area contributed by atoms with Gasteiger partial charge in [-0.3, -0.25) is 4.79 Å². The fourth-order valence-electron chi connectivity index (χ4n) is 3.86. The Labute approximate surface area is 193 Å². The molecule has 2 aromatic carbocycles. The normalized spacial score (nSPS) is 14.6. The molecular formula is C22H23F3N6OS. The molecule has 2 heterocycles. The molecule has 0 unspecified atom stereocenters. The predicted molar refractivity (Wildman–Crippen MR) is 120 cm³/mol. The standard InChI is InChI=1S/C22H23F3N6OS/c1-15-5-3-6-16(2)20(15)31-21(26-27-28-31)33-14-19(32)30-11-9-29(10-12-30)18-8-4-7-17(13-18)22(23,24)25/h3-8,13H,9-12,14H2,1-2H3. The summed E-state index contributed by atoms with van der Waals surface area (Å²) < 4.78 is 40.6. The molecule has 11 heteroatoms. The van der Waals surface area contributed by atoms with Gasteiger partial charge in [0, 0.05) is 31.9 Å². The maximum atomic E-state index is 13.0. The molecule has 0 atom stereocenters. The molecule has 3 aromatic rings. The van der Waals surface area contributed by atoms with Gasteiger partial charge in [0.15, 0.2) is 0 Å². The summed E-state index contributed by atoms with van der Waals surface area (Å²) in [6, 6.07) is 11.2. The van der Waals surface area contributed by atoms with Crippen LogP contribution in [-0.4, -0.2) is 62.9 Å². The number of carbonyl (C=O) groups excluding carboxylic acids is 1. The molecule has 0 N–H and O–H groups in total. The van der Waals surface area contributed by atoms with Crippen molar-refractivity contribution in [3.63, 3.8) is 0 Å². The zero-order chi connectivity index (χ0) is 23.6. The number of halogens is 3. The van der Waals surface area contributed by atoms with Gasteiger partial charge in [0.2, 0.25) is 11.1 Å². The Morgan fingerprint density at radius 3 is 2.36 bits per heavy atom. The van der Waals surface area contributed by atoms with Crippen LogP contribution in [0, 0.1) is 13.8 Å². The summed E-state index contributed by atoms with van der Waals surface area (Å²) in [5.74, 6) is 0.120. The van der Waals surface area contributed by atoms with Crippen LogP contribution in [0.25, 0.3) is 5.69 Å². The Hall–Kier alpha value is -3.08. The summed E-state index contributed by atoms with van der Waals surface area (Å²) in [5.41, 5.74) is 2.80. The van der Waals surface area contributed by atoms with Gasteiger partial charge in [-0.25, -0.2) is 0 Å². The highest BCUT2D eigenvalue weighted by molar-refractivity contribution is 7.99. The molecule has 1 fully saturated rings. The number of aryl methyl sites for hydroxylation is 2. The Bertz CT molecular complexity index is 1120. The maximum absolute atomic E-state index is 13.0. The minimum Gasteiger partial charge on any atom is -0.368 e. The smallest absolute Gasteiger partial charge is 0.368 e. The number of anilines is 1. The van der Waals surface area contributed by atoms with Gasteiger partial charge in [-0.1, -0.05) is 36.0 Å². The van der Waals surface area contributed by atoms with E-state index < -0.39 is 11.7 Å². The third-order valence-electron chi connectivity index (χ3n) is 5.59. The second kappa shape index (κ2) is 9.42. The van der Waals surface area contributed by atoms with E-state index in [4.69, 9.17) is 0 Å². The van der Waals surface area contributed by atoms with E-state index in [2.05, 4.69) is 15.5 Å². The minimum atomic E-state index is -4.38. The molecule has 1 aliphatic heterocycles. The van der Waals surface area contributed by atoms with Crippen molar-refractivity contribution in [2.75, 3.05) is 36.8 Å². The molecular weight excluding hydrogens is 453 g/mol. The summed E-state index contributed by atoms with van der Waals surface area (Å²) in [5, 5.41) is 12.5. The van der Waals surface area contributed by atoms with Crippen LogP contribution in [0.15, 0.2) is 47.6 Å². The number of para-hydroxylation sites is 1. The first kappa shape index (κ1) is 23.1. The Morgan fingerprint density at radius 2 is 1.70 bits per heavy atom. The van der Waals surface area contributed by atoms with Crippen molar-refractivity contribution in [2.24, 2.45) is 0 Å². The molecule has 174 valence electrons. The second-order valence-electron chi connectivity index (χ2n) is 7.82. The first-order valence-electron chi connectivity index (χ1n) is 10.4. The van der Waals surface area contributed by atoms with Crippen molar-refractivity contribution >= 4 is 23.4 Å². The average Bonchev–Trinajstić information content (AvgIpc) is 3.25. The monoisotopic (exact) mass is 476 g/mol. The van der Waals surface area contributed by atoms with Gasteiger partial charge in [-0.05, 0) is 53.6 Å². The molecule has 0 saturated carbocycles. The molecule has 0 radical (unpaired) electrons. The molecule has 1 aromatic heterocycles. The fourth-order valence-corrected chi connectivity index (χ4v) is 4.64. The SMILES string of the molecule is Cc1cccc(C)c1-n1nnnc1SCC(=O)N1CCN(c2cccc(C(F)(F)F)c2)CC1. The fraction of sp³-hybridized carbons (Fsp3) is 0.364. The Kier molecular flexibility index (Phi) is 6.59. The van der Waals surface area contributed by atoms with Crippen LogP contribution in [0.4, 0.5) is 18.9 Å². The lowest BCUT2D eigenvalue weighted by Crippen LogP contribution is -2.49. The quantitative estimate of drug-likeness (QED) is 0.523. The number of carbonyl (C=O) groups is 1. The number of benzene rings is 2. The van der Waals surface area contributed by atoms with Crippen molar-refractivity contribution in [3.05, 3.63) is 59.2 Å². The van der Waals surface area contributed by atoms with Crippen molar-refractivity contribution in [2.45, 2.75) is 25.2 Å². The van der Waals surface area contributed by atoms with Crippen LogP contribution in [0.2, 0.25) is 0 Å². The summed E-state index contributed by atoms with van der Waals surface area (Å²) in [6.45, 7) is 5.78. The van der Waals surface area contributed by atoms with E-state index in [0.717, 1.165) is 28.9 Å². The van der Waals surface area contributed by atoms with Gasteiger partial charge in [0.25, 0.3) is 0 Å². The summed E-state index contributed by atoms with van der Waals surface area (Å²) in [6.07, 6.45) is -4.38. The third-order valence-corrected chi connectivity index (χ3v) is 6.49. The molecule has 1 saturated heterocycles. The molecule has 0 aliphatic carbocycles. The molecule has 4 rings (SSSR count). The van der Waals surface area contributed by atoms with Gasteiger partial charge in [-0.2, -0.15) is 17.9 Å². The molecule has 1 aliphatic rings. The number of rotatable bonds is 5. The summed E-state index contributed by atoms with van der Waals surface area (Å²) in [7, 11) is 0. The van der Waals surface area contributed by atoms with Gasteiger partial charge in [-0.15, -0.1) is 5.10 Å². The van der Waals surface area contributed by atoms with E-state index in [9.17, 15) is 18.0 Å². The lowest BCUT2D eigenvalue weighted by molar-refractivity contribution is -0.137. The Balaban J connectivity index is 1.35. The van der Waals surface area contributed by atoms with E-state index in [1.54, 1.807) is 15.6 Å². The van der Waals surface area contributed by atoms with Crippen LogP contribution >= 0.6 is 11.8 Å². The van der Waals surface area contributed by atoms with E-state index >= 15 is 0 Å². The van der Waals surface area contributed by atoms with Gasteiger partial charge in [0.05, 0.1) is 17.0 Å². The third kappa shape index (κ3) is 5.13. The predicted octanol–water partition coefficient (Wildman–Crippen LogP) is 3.74. The van der Waals surface area contributed by atoms with Crippen molar-refractivity contribution < 1.29 is 18.0 Å². The largest absolute Gasteiger partial charge is 0.416 e. The lowest BCUT2D eigenvalue weighted by atomic mass is 10.1. The van der Waals surface area contributed by atoms with Crippen molar-refractivity contribution in [1.82, 2.24) is 25.1 Å². The number of thioether (sulfide) groups is 1. The number of alkyl halides is 3. The number of nitrogens with zero attached hydrogens (tertiary/aromatic N) is 6. The molecule has 0 bridgehead atoms. The van der Waals surface area contributed by atoms with E-state index in [0.29, 0.717) is 37.0 Å². The lowest BCUT2D eigenvalue weighted by Gasteiger charge is -2.36. The summed E-state index contributed by atoms with van der Waals surface area (Å²) in [4.78, 5) is 16.4. The van der Waals surface area contributed by atoms with E-state index in [1.165, 1.54) is 17.8 Å². The molecule has 0 spiro atoms. The molecule has 33 heavy (non-hydrogen) atoms. The molecule has 1 amide bonds. The maximum Gasteiger partial charge on any atom is 0.416 e. The number of aromatic nitrogens is 4. The van der Waals surface area contributed by atoms with Crippen LogP contribution in [0.1, 0.15) is 16.7 Å². The van der Waals surface area contributed by atoms with Crippen LogP contribution in [-0.2, 0) is 11.0 Å². The van der Waals surface area contributed by atoms with Gasteiger partial charge >= 0.3 is 6.18 Å². The van der Waals surface area contributed by atoms with E-state index in [1.807, 2.05) is 36.9 Å². The highest BCUT2D eigenvalue weighted by Gasteiger charge is 2.31. The second-order valence-corrected chi connectivity index (χ2v) is 8.76. The first-order valence-corrected chi connectivity index (χ1v) is 11.4. The number of piperazine rings is 1. The van der Waals surface area contributed by atoms with Crippen LogP contribution < -0.4 is 4.90 Å². The number of hydrogen-bond donors (Lipinski definition) is 0. The van der Waals surface area contributed by atoms with Crippen molar-refractivity contribution in [1.29, 1.82) is 0 Å². The topological polar surface area (TPSA) is 67.2 Å². The molecule has 7 nitrogen and oxygen atoms in total. The van der Waals surface area contributed by atoms with Crippen LogP contribution in [0.5, 0.6) is 0 Å². The number of tetrazole rings is 1. The first-order chi connectivity index (χ1) is 15.7. The number of amides is 1. The average molecular weight is 477 g/mol. The number of hydrogen-bond acceptors (Lipinski definition) is 6. The zero-order valence-corrected chi connectivity index (χ0v) is 19.0. The Morgan fingerprint density at radius 1 is 1.03 bits per heavy atom. The highest BCUT2D eigenvalue weighted by Crippen LogP contribution is 2.32. The zero-order valence-electron chi connectivity index (χ0n) is 18.2. The van der Waals surface area contributed by atoms with Gasteiger partial charge < -0.3 is 9.80 Å². The minimum absolute atomic E-state index is 0.0558.